The third kappa shape index (κ3) is 5.20. The summed E-state index contributed by atoms with van der Waals surface area (Å²) in [5, 5.41) is 0. The highest BCUT2D eigenvalue weighted by Gasteiger charge is 1.96. The lowest BCUT2D eigenvalue weighted by molar-refractivity contribution is -0.134. The lowest BCUT2D eigenvalue weighted by Crippen LogP contribution is -1.96. The van der Waals surface area contributed by atoms with Crippen LogP contribution in [-0.2, 0) is 9.53 Å². The van der Waals surface area contributed by atoms with Crippen molar-refractivity contribution < 1.29 is 14.3 Å². The lowest BCUT2D eigenvalue weighted by atomic mass is 10.2. The van der Waals surface area contributed by atoms with Crippen molar-refractivity contribution >= 4 is 12.0 Å². The first-order chi connectivity index (χ1) is 8.26. The van der Waals surface area contributed by atoms with Crippen molar-refractivity contribution in [3.63, 3.8) is 0 Å². The number of carbonyl (C=O) groups is 1. The van der Waals surface area contributed by atoms with Gasteiger partial charge in [-0.05, 0) is 30.2 Å². The second-order valence-corrected chi connectivity index (χ2v) is 3.63. The quantitative estimate of drug-likeness (QED) is 0.431. The Hall–Kier alpha value is -1.77. The van der Waals surface area contributed by atoms with Crippen LogP contribution in [0.1, 0.15) is 25.3 Å². The van der Waals surface area contributed by atoms with E-state index < -0.39 is 0 Å². The van der Waals surface area contributed by atoms with Crippen LogP contribution in [0, 0.1) is 0 Å². The van der Waals surface area contributed by atoms with Gasteiger partial charge in [0.25, 0.3) is 0 Å². The molecule has 0 aromatic heterocycles. The van der Waals surface area contributed by atoms with Gasteiger partial charge >= 0.3 is 5.97 Å². The second kappa shape index (κ2) is 7.49. The number of carbonyl (C=O) groups excluding carboxylic acids is 1. The molecule has 0 atom stereocenters. The minimum Gasteiger partial charge on any atom is -0.494 e. The van der Waals surface area contributed by atoms with Gasteiger partial charge in [-0.2, -0.15) is 0 Å². The van der Waals surface area contributed by atoms with E-state index in [9.17, 15) is 4.79 Å². The SMILES string of the molecule is CCCCOc1cccc(C=CC(=O)OC)c1. The standard InChI is InChI=1S/C14H18O3/c1-3-4-10-17-13-7-5-6-12(11-13)8-9-14(15)16-2/h5-9,11H,3-4,10H2,1-2H3. The van der Waals surface area contributed by atoms with Crippen molar-refractivity contribution in [1.82, 2.24) is 0 Å². The normalized spacial score (nSPS) is 10.5. The molecule has 0 heterocycles. The monoisotopic (exact) mass is 234 g/mol. The topological polar surface area (TPSA) is 35.5 Å². The highest BCUT2D eigenvalue weighted by atomic mass is 16.5. The zero-order valence-electron chi connectivity index (χ0n) is 10.3. The highest BCUT2D eigenvalue weighted by Crippen LogP contribution is 2.14. The van der Waals surface area contributed by atoms with Gasteiger partial charge in [0.2, 0.25) is 0 Å². The number of ether oxygens (including phenoxy) is 2. The number of rotatable bonds is 6. The van der Waals surface area contributed by atoms with Gasteiger partial charge in [-0.3, -0.25) is 0 Å². The molecule has 0 fully saturated rings. The molecule has 0 saturated carbocycles. The first kappa shape index (κ1) is 13.3. The maximum atomic E-state index is 10.9. The van der Waals surface area contributed by atoms with E-state index in [-0.39, 0.29) is 5.97 Å². The molecule has 0 spiro atoms. The average molecular weight is 234 g/mol. The second-order valence-electron chi connectivity index (χ2n) is 3.63. The molecule has 0 aliphatic heterocycles. The number of hydrogen-bond acceptors (Lipinski definition) is 3. The van der Waals surface area contributed by atoms with Gasteiger partial charge in [-0.15, -0.1) is 0 Å². The van der Waals surface area contributed by atoms with E-state index in [1.807, 2.05) is 24.3 Å². The number of hydrogen-bond donors (Lipinski definition) is 0. The van der Waals surface area contributed by atoms with Gasteiger partial charge in [0, 0.05) is 6.08 Å². The predicted octanol–water partition coefficient (Wildman–Crippen LogP) is 3.05. The fraction of sp³-hybridized carbons (Fsp3) is 0.357. The Kier molecular flexibility index (Phi) is 5.86. The Morgan fingerprint density at radius 2 is 2.24 bits per heavy atom. The van der Waals surface area contributed by atoms with Gasteiger partial charge in [0.1, 0.15) is 5.75 Å². The smallest absolute Gasteiger partial charge is 0.330 e. The van der Waals surface area contributed by atoms with Crippen LogP contribution in [0.2, 0.25) is 0 Å². The first-order valence-electron chi connectivity index (χ1n) is 5.75. The molecule has 0 radical (unpaired) electrons. The zero-order chi connectivity index (χ0) is 12.5. The van der Waals surface area contributed by atoms with Gasteiger partial charge in [-0.25, -0.2) is 4.79 Å². The van der Waals surface area contributed by atoms with Crippen molar-refractivity contribution in [3.8, 4) is 5.75 Å². The Labute approximate surface area is 102 Å². The molecular formula is C14H18O3. The van der Waals surface area contributed by atoms with Gasteiger partial charge < -0.3 is 9.47 Å². The van der Waals surface area contributed by atoms with Crippen LogP contribution in [0.25, 0.3) is 6.08 Å². The zero-order valence-corrected chi connectivity index (χ0v) is 10.3. The Morgan fingerprint density at radius 1 is 1.41 bits per heavy atom. The van der Waals surface area contributed by atoms with Crippen LogP contribution in [0.15, 0.2) is 30.3 Å². The Morgan fingerprint density at radius 3 is 2.94 bits per heavy atom. The van der Waals surface area contributed by atoms with E-state index in [0.717, 1.165) is 30.8 Å². The molecule has 1 aromatic carbocycles. The van der Waals surface area contributed by atoms with Gasteiger partial charge in [0.15, 0.2) is 0 Å². The van der Waals surface area contributed by atoms with Crippen molar-refractivity contribution in [3.05, 3.63) is 35.9 Å². The summed E-state index contributed by atoms with van der Waals surface area (Å²) in [4.78, 5) is 10.9. The molecule has 0 aliphatic carbocycles. The lowest BCUT2D eigenvalue weighted by Gasteiger charge is -2.05. The van der Waals surface area contributed by atoms with Crippen molar-refractivity contribution in [2.24, 2.45) is 0 Å². The molecule has 0 amide bonds. The molecule has 1 aromatic rings. The number of benzene rings is 1. The van der Waals surface area contributed by atoms with E-state index in [0.29, 0.717) is 0 Å². The maximum Gasteiger partial charge on any atom is 0.330 e. The van der Waals surface area contributed by atoms with Crippen LogP contribution >= 0.6 is 0 Å². The largest absolute Gasteiger partial charge is 0.494 e. The molecule has 0 aliphatic rings. The van der Waals surface area contributed by atoms with Crippen LogP contribution in [0.4, 0.5) is 0 Å². The van der Waals surface area contributed by atoms with Crippen LogP contribution in [-0.4, -0.2) is 19.7 Å². The number of methoxy groups -OCH3 is 1. The third-order valence-electron chi connectivity index (χ3n) is 2.24. The van der Waals surface area contributed by atoms with E-state index in [4.69, 9.17) is 4.74 Å². The summed E-state index contributed by atoms with van der Waals surface area (Å²) in [7, 11) is 1.36. The first-order valence-corrected chi connectivity index (χ1v) is 5.75. The fourth-order valence-corrected chi connectivity index (χ4v) is 1.27. The highest BCUT2D eigenvalue weighted by molar-refractivity contribution is 5.86. The summed E-state index contributed by atoms with van der Waals surface area (Å²) in [6, 6.07) is 7.62. The Balaban J connectivity index is 2.59. The molecular weight excluding hydrogens is 216 g/mol. The summed E-state index contributed by atoms with van der Waals surface area (Å²) in [6.45, 7) is 2.85. The minimum atomic E-state index is -0.359. The van der Waals surface area contributed by atoms with E-state index in [1.54, 1.807) is 6.08 Å². The summed E-state index contributed by atoms with van der Waals surface area (Å²) in [5.74, 6) is 0.466. The molecule has 17 heavy (non-hydrogen) atoms. The fourth-order valence-electron chi connectivity index (χ4n) is 1.27. The molecule has 0 unspecified atom stereocenters. The van der Waals surface area contributed by atoms with Gasteiger partial charge in [0.05, 0.1) is 13.7 Å². The molecule has 0 saturated heterocycles. The molecule has 1 rings (SSSR count). The van der Waals surface area contributed by atoms with Crippen LogP contribution < -0.4 is 4.74 Å². The molecule has 3 nitrogen and oxygen atoms in total. The summed E-state index contributed by atoms with van der Waals surface area (Å²) >= 11 is 0. The summed E-state index contributed by atoms with van der Waals surface area (Å²) < 4.78 is 10.1. The Bertz CT molecular complexity index is 383. The van der Waals surface area contributed by atoms with Gasteiger partial charge in [-0.1, -0.05) is 25.5 Å². The number of esters is 1. The van der Waals surface area contributed by atoms with E-state index in [2.05, 4.69) is 11.7 Å². The third-order valence-corrected chi connectivity index (χ3v) is 2.24. The minimum absolute atomic E-state index is 0.359. The molecule has 0 N–H and O–H groups in total. The van der Waals surface area contributed by atoms with Crippen LogP contribution in [0.5, 0.6) is 5.75 Å². The summed E-state index contributed by atoms with van der Waals surface area (Å²) in [6.07, 6.45) is 5.26. The van der Waals surface area contributed by atoms with Crippen molar-refractivity contribution in [2.45, 2.75) is 19.8 Å². The molecule has 92 valence electrons. The van der Waals surface area contributed by atoms with E-state index >= 15 is 0 Å². The van der Waals surface area contributed by atoms with Crippen molar-refractivity contribution in [1.29, 1.82) is 0 Å². The molecule has 0 bridgehead atoms. The number of unbranched alkanes of at least 4 members (excludes halogenated alkanes) is 1. The van der Waals surface area contributed by atoms with Crippen molar-refractivity contribution in [2.75, 3.05) is 13.7 Å². The summed E-state index contributed by atoms with van der Waals surface area (Å²) in [5.41, 5.74) is 0.921. The predicted molar refractivity (Wildman–Crippen MR) is 67.9 cm³/mol. The molecule has 3 heteroatoms. The maximum absolute atomic E-state index is 10.9. The van der Waals surface area contributed by atoms with Crippen LogP contribution in [0.3, 0.4) is 0 Å². The van der Waals surface area contributed by atoms with E-state index in [1.165, 1.54) is 13.2 Å². The average Bonchev–Trinajstić information content (AvgIpc) is 2.37.